The molecule has 1 aliphatic rings. The molecule has 2 heterocycles. The molecule has 5 rings (SSSR count). The molecule has 0 bridgehead atoms. The van der Waals surface area contributed by atoms with Crippen LogP contribution >= 0.6 is 23.4 Å². The number of ether oxygens (including phenoxy) is 1. The maximum atomic E-state index is 13.6. The molecule has 1 aliphatic heterocycles. The van der Waals surface area contributed by atoms with Crippen molar-refractivity contribution in [2.45, 2.75) is 10.9 Å². The van der Waals surface area contributed by atoms with Gasteiger partial charge in [-0.05, 0) is 54.3 Å². The van der Waals surface area contributed by atoms with Crippen molar-refractivity contribution >= 4 is 45.9 Å². The smallest absolute Gasteiger partial charge is 0.295 e. The highest BCUT2D eigenvalue weighted by Gasteiger charge is 2.43. The highest BCUT2D eigenvalue weighted by Crippen LogP contribution is 2.43. The van der Waals surface area contributed by atoms with E-state index in [1.54, 1.807) is 59.1 Å². The number of methoxy groups -OCH3 is 1. The minimum atomic E-state index is -0.640. The molecule has 0 saturated heterocycles. The number of rotatable bonds is 4. The van der Waals surface area contributed by atoms with Crippen LogP contribution in [0.5, 0.6) is 5.75 Å². The van der Waals surface area contributed by atoms with Crippen LogP contribution in [0.2, 0.25) is 5.02 Å². The number of nitrogens with zero attached hydrogens (tertiary/aromatic N) is 1. The lowest BCUT2D eigenvalue weighted by molar-refractivity contribution is 0.0971. The van der Waals surface area contributed by atoms with Crippen molar-refractivity contribution in [3.8, 4) is 5.75 Å². The molecule has 1 amide bonds. The first kappa shape index (κ1) is 20.7. The van der Waals surface area contributed by atoms with Gasteiger partial charge in [-0.25, -0.2) is 0 Å². The van der Waals surface area contributed by atoms with Crippen LogP contribution in [-0.2, 0) is 0 Å². The van der Waals surface area contributed by atoms with Crippen LogP contribution < -0.4 is 15.1 Å². The number of halogens is 1. The Morgan fingerprint density at radius 3 is 2.47 bits per heavy atom. The Kier molecular flexibility index (Phi) is 5.19. The lowest BCUT2D eigenvalue weighted by atomic mass is 9.98. The number of carbonyl (C=O) groups excluding carboxylic acids is 1. The minimum Gasteiger partial charge on any atom is -0.495 e. The molecule has 1 atom stereocenters. The second kappa shape index (κ2) is 8.04. The van der Waals surface area contributed by atoms with E-state index in [-0.39, 0.29) is 17.1 Å². The third-order valence-electron chi connectivity index (χ3n) is 5.62. The van der Waals surface area contributed by atoms with Gasteiger partial charge < -0.3 is 9.15 Å². The number of hydrogen-bond acceptors (Lipinski definition) is 5. The molecule has 0 aliphatic carbocycles. The molecule has 4 aromatic rings. The third kappa shape index (κ3) is 3.18. The van der Waals surface area contributed by atoms with E-state index in [1.165, 1.54) is 7.11 Å². The number of benzene rings is 3. The standard InChI is InChI=1S/C25H18ClNO4S/c1-30-20-12-9-15(13-18(20)26)27-22(14-7-10-16(32-2)11-8-14)21-23(28)17-5-3-4-6-19(17)31-24(21)25(27)29/h3-13,22H,1-2H3. The molecule has 7 heteroatoms. The molecule has 0 spiro atoms. The van der Waals surface area contributed by atoms with E-state index >= 15 is 0 Å². The molecule has 0 radical (unpaired) electrons. The summed E-state index contributed by atoms with van der Waals surface area (Å²) in [4.78, 5) is 29.8. The van der Waals surface area contributed by atoms with Crippen LogP contribution in [0.3, 0.4) is 0 Å². The molecule has 0 N–H and O–H groups in total. The predicted molar refractivity (Wildman–Crippen MR) is 127 cm³/mol. The topological polar surface area (TPSA) is 59.8 Å². The second-order valence-electron chi connectivity index (χ2n) is 7.34. The van der Waals surface area contributed by atoms with Crippen LogP contribution in [0.25, 0.3) is 11.0 Å². The van der Waals surface area contributed by atoms with Gasteiger partial charge in [0.05, 0.1) is 29.1 Å². The Hall–Kier alpha value is -3.22. The van der Waals surface area contributed by atoms with Gasteiger partial charge in [0.25, 0.3) is 5.91 Å². The molecule has 3 aromatic carbocycles. The number of fused-ring (bicyclic) bond motifs is 2. The summed E-state index contributed by atoms with van der Waals surface area (Å²) in [5.74, 6) is 0.169. The van der Waals surface area contributed by atoms with E-state index in [0.29, 0.717) is 33.0 Å². The maximum Gasteiger partial charge on any atom is 0.295 e. The average molecular weight is 464 g/mol. The molecule has 160 valence electrons. The van der Waals surface area contributed by atoms with Crippen LogP contribution in [0.4, 0.5) is 5.69 Å². The fourth-order valence-electron chi connectivity index (χ4n) is 4.09. The van der Waals surface area contributed by atoms with E-state index in [9.17, 15) is 9.59 Å². The Morgan fingerprint density at radius 1 is 1.03 bits per heavy atom. The van der Waals surface area contributed by atoms with Crippen molar-refractivity contribution in [3.05, 3.63) is 98.9 Å². The molecular weight excluding hydrogens is 446 g/mol. The van der Waals surface area contributed by atoms with Crippen molar-refractivity contribution in [1.82, 2.24) is 0 Å². The second-order valence-corrected chi connectivity index (χ2v) is 8.63. The summed E-state index contributed by atoms with van der Waals surface area (Å²) in [6.45, 7) is 0. The Bertz CT molecular complexity index is 1410. The number of hydrogen-bond donors (Lipinski definition) is 0. The van der Waals surface area contributed by atoms with Gasteiger partial charge in [-0.1, -0.05) is 35.9 Å². The van der Waals surface area contributed by atoms with E-state index in [2.05, 4.69) is 0 Å². The van der Waals surface area contributed by atoms with Crippen molar-refractivity contribution in [2.24, 2.45) is 0 Å². The third-order valence-corrected chi connectivity index (χ3v) is 6.66. The van der Waals surface area contributed by atoms with Gasteiger partial charge in [-0.2, -0.15) is 0 Å². The lowest BCUT2D eigenvalue weighted by Crippen LogP contribution is -2.29. The van der Waals surface area contributed by atoms with Crippen LogP contribution in [-0.4, -0.2) is 19.3 Å². The number of carbonyl (C=O) groups is 1. The van der Waals surface area contributed by atoms with Gasteiger partial charge >= 0.3 is 0 Å². The molecule has 0 fully saturated rings. The summed E-state index contributed by atoms with van der Waals surface area (Å²) in [5.41, 5.74) is 1.86. The van der Waals surface area contributed by atoms with Gasteiger partial charge in [0.2, 0.25) is 5.76 Å². The number of para-hydroxylation sites is 1. The highest BCUT2D eigenvalue weighted by molar-refractivity contribution is 7.98. The van der Waals surface area contributed by atoms with Gasteiger partial charge in [0.15, 0.2) is 5.43 Å². The average Bonchev–Trinajstić information content (AvgIpc) is 3.11. The fourth-order valence-corrected chi connectivity index (χ4v) is 4.75. The first-order chi connectivity index (χ1) is 15.5. The van der Waals surface area contributed by atoms with Crippen LogP contribution in [0.1, 0.15) is 27.7 Å². The summed E-state index contributed by atoms with van der Waals surface area (Å²) in [5, 5.41) is 0.814. The summed E-state index contributed by atoms with van der Waals surface area (Å²) >= 11 is 7.99. The van der Waals surface area contributed by atoms with E-state index < -0.39 is 6.04 Å². The first-order valence-electron chi connectivity index (χ1n) is 9.90. The Labute approximate surface area is 193 Å². The molecule has 0 saturated carbocycles. The van der Waals surface area contributed by atoms with Gasteiger partial charge in [0.1, 0.15) is 11.3 Å². The van der Waals surface area contributed by atoms with Crippen LogP contribution in [0, 0.1) is 0 Å². The number of amides is 1. The molecule has 1 aromatic heterocycles. The molecular formula is C25H18ClNO4S. The van der Waals surface area contributed by atoms with Crippen molar-refractivity contribution in [3.63, 3.8) is 0 Å². The van der Waals surface area contributed by atoms with Gasteiger partial charge in [-0.3, -0.25) is 14.5 Å². The summed E-state index contributed by atoms with van der Waals surface area (Å²) < 4.78 is 11.2. The minimum absolute atomic E-state index is 0.0552. The van der Waals surface area contributed by atoms with Crippen molar-refractivity contribution in [2.75, 3.05) is 18.3 Å². The van der Waals surface area contributed by atoms with Crippen LogP contribution in [0.15, 0.2) is 80.8 Å². The summed E-state index contributed by atoms with van der Waals surface area (Å²) in [6, 6.07) is 19.3. The predicted octanol–water partition coefficient (Wildman–Crippen LogP) is 5.93. The highest BCUT2D eigenvalue weighted by atomic mass is 35.5. The summed E-state index contributed by atoms with van der Waals surface area (Å²) in [6.07, 6.45) is 2.00. The maximum absolute atomic E-state index is 13.6. The lowest BCUT2D eigenvalue weighted by Gasteiger charge is -2.25. The fraction of sp³-hybridized carbons (Fsp3) is 0.120. The Morgan fingerprint density at radius 2 is 1.78 bits per heavy atom. The molecule has 5 nitrogen and oxygen atoms in total. The number of anilines is 1. The van der Waals surface area contributed by atoms with Gasteiger partial charge in [0, 0.05) is 10.6 Å². The van der Waals surface area contributed by atoms with Crippen molar-refractivity contribution in [1.29, 1.82) is 0 Å². The van der Waals surface area contributed by atoms with Gasteiger partial charge in [-0.15, -0.1) is 11.8 Å². The summed E-state index contributed by atoms with van der Waals surface area (Å²) in [7, 11) is 1.53. The monoisotopic (exact) mass is 463 g/mol. The Balaban J connectivity index is 1.77. The van der Waals surface area contributed by atoms with E-state index in [1.807, 2.05) is 30.5 Å². The van der Waals surface area contributed by atoms with Crippen molar-refractivity contribution < 1.29 is 13.9 Å². The van der Waals surface area contributed by atoms with E-state index in [4.69, 9.17) is 20.8 Å². The van der Waals surface area contributed by atoms with E-state index in [0.717, 1.165) is 10.5 Å². The largest absolute Gasteiger partial charge is 0.495 e. The molecule has 1 unspecified atom stereocenters. The normalized spacial score (nSPS) is 15.3. The zero-order valence-corrected chi connectivity index (χ0v) is 18.9. The zero-order chi connectivity index (χ0) is 22.4. The number of thioether (sulfide) groups is 1. The first-order valence-corrected chi connectivity index (χ1v) is 11.5. The zero-order valence-electron chi connectivity index (χ0n) is 17.3. The SMILES string of the molecule is COc1ccc(N2C(=O)c3oc4ccccc4c(=O)c3C2c2ccc(SC)cc2)cc1Cl. The quantitative estimate of drug-likeness (QED) is 0.351. The molecule has 32 heavy (non-hydrogen) atoms.